The van der Waals surface area contributed by atoms with Crippen LogP contribution >= 0.6 is 0 Å². The molecule has 106 valence electrons. The number of hydrogen-bond donors (Lipinski definition) is 1. The van der Waals surface area contributed by atoms with Gasteiger partial charge in [-0.1, -0.05) is 33.1 Å². The molecule has 4 heteroatoms. The molecule has 2 rings (SSSR count). The van der Waals surface area contributed by atoms with Gasteiger partial charge in [0.2, 0.25) is 0 Å². The van der Waals surface area contributed by atoms with Gasteiger partial charge >= 0.3 is 0 Å². The highest BCUT2D eigenvalue weighted by atomic mass is 16.1. The van der Waals surface area contributed by atoms with Crippen LogP contribution in [0.3, 0.4) is 0 Å². The lowest BCUT2D eigenvalue weighted by Crippen LogP contribution is -2.29. The summed E-state index contributed by atoms with van der Waals surface area (Å²) in [7, 11) is 0. The topological polar surface area (TPSA) is 46.9 Å². The van der Waals surface area contributed by atoms with Crippen LogP contribution < -0.4 is 10.9 Å². The molecule has 1 aromatic heterocycles. The first kappa shape index (κ1) is 14.1. The standard InChI is InChI=1S/C15H25N3O/c1-3-5-7-12(4-2)11-18-15(19)10-14-13(17-18)8-6-9-16-14/h10,12,16H,3-9,11H2,1-2H3. The van der Waals surface area contributed by atoms with E-state index in [0.717, 1.165) is 43.7 Å². The van der Waals surface area contributed by atoms with Crippen LogP contribution in [-0.4, -0.2) is 16.3 Å². The van der Waals surface area contributed by atoms with Crippen LogP contribution in [0.15, 0.2) is 10.9 Å². The minimum absolute atomic E-state index is 0.0306. The average Bonchev–Trinajstić information content (AvgIpc) is 2.43. The molecule has 0 bridgehead atoms. The molecule has 1 aliphatic rings. The zero-order valence-corrected chi connectivity index (χ0v) is 12.1. The Bertz CT molecular complexity index is 467. The first-order valence-corrected chi connectivity index (χ1v) is 7.59. The summed E-state index contributed by atoms with van der Waals surface area (Å²) in [6.07, 6.45) is 6.84. The van der Waals surface area contributed by atoms with E-state index in [1.165, 1.54) is 19.3 Å². The molecule has 19 heavy (non-hydrogen) atoms. The van der Waals surface area contributed by atoms with Crippen LogP contribution in [-0.2, 0) is 13.0 Å². The molecule has 1 aromatic rings. The van der Waals surface area contributed by atoms with Crippen LogP contribution in [0.25, 0.3) is 0 Å². The summed E-state index contributed by atoms with van der Waals surface area (Å²) in [5.74, 6) is 0.569. The lowest BCUT2D eigenvalue weighted by Gasteiger charge is -2.20. The minimum atomic E-state index is 0.0306. The van der Waals surface area contributed by atoms with Gasteiger partial charge in [-0.15, -0.1) is 0 Å². The van der Waals surface area contributed by atoms with Crippen molar-refractivity contribution < 1.29 is 0 Å². The number of unbranched alkanes of at least 4 members (excludes halogenated alkanes) is 1. The number of anilines is 1. The maximum Gasteiger partial charge on any atom is 0.268 e. The van der Waals surface area contributed by atoms with Crippen LogP contribution in [0.2, 0.25) is 0 Å². The van der Waals surface area contributed by atoms with Crippen molar-refractivity contribution in [2.45, 2.75) is 58.9 Å². The first-order chi connectivity index (χ1) is 9.24. The fourth-order valence-electron chi connectivity index (χ4n) is 2.64. The number of nitrogens with zero attached hydrogens (tertiary/aromatic N) is 2. The minimum Gasteiger partial charge on any atom is -0.383 e. The maximum absolute atomic E-state index is 12.1. The number of rotatable bonds is 6. The summed E-state index contributed by atoms with van der Waals surface area (Å²) in [4.78, 5) is 12.1. The largest absolute Gasteiger partial charge is 0.383 e. The Morgan fingerprint density at radius 2 is 2.32 bits per heavy atom. The van der Waals surface area contributed by atoms with Gasteiger partial charge in [-0.05, 0) is 25.2 Å². The Morgan fingerprint density at radius 1 is 1.47 bits per heavy atom. The third kappa shape index (κ3) is 3.58. The Labute approximate surface area is 115 Å². The molecule has 1 aliphatic heterocycles. The van der Waals surface area contributed by atoms with Crippen molar-refractivity contribution in [1.82, 2.24) is 9.78 Å². The summed E-state index contributed by atoms with van der Waals surface area (Å²) < 4.78 is 1.68. The van der Waals surface area contributed by atoms with Crippen LogP contribution in [0.5, 0.6) is 0 Å². The van der Waals surface area contributed by atoms with Gasteiger partial charge in [0.15, 0.2) is 0 Å². The van der Waals surface area contributed by atoms with E-state index in [-0.39, 0.29) is 5.56 Å². The molecule has 4 nitrogen and oxygen atoms in total. The molecule has 1 unspecified atom stereocenters. The molecule has 0 saturated carbocycles. The fraction of sp³-hybridized carbons (Fsp3) is 0.733. The van der Waals surface area contributed by atoms with Crippen molar-refractivity contribution in [3.05, 3.63) is 22.1 Å². The fourth-order valence-corrected chi connectivity index (χ4v) is 2.64. The van der Waals surface area contributed by atoms with Gasteiger partial charge in [-0.3, -0.25) is 4.79 Å². The third-order valence-corrected chi connectivity index (χ3v) is 3.95. The van der Waals surface area contributed by atoms with Gasteiger partial charge in [0.05, 0.1) is 11.4 Å². The smallest absolute Gasteiger partial charge is 0.268 e. The number of nitrogens with one attached hydrogen (secondary N) is 1. The van der Waals surface area contributed by atoms with Gasteiger partial charge < -0.3 is 5.32 Å². The Kier molecular flexibility index (Phi) is 5.00. The van der Waals surface area contributed by atoms with E-state index < -0.39 is 0 Å². The van der Waals surface area contributed by atoms with Gasteiger partial charge in [-0.2, -0.15) is 5.10 Å². The molecule has 0 fully saturated rings. The van der Waals surface area contributed by atoms with Crippen molar-refractivity contribution in [1.29, 1.82) is 0 Å². The SMILES string of the molecule is CCCCC(CC)Cn1nc2c(cc1=O)NCCC2. The molecule has 0 saturated heterocycles. The second-order valence-corrected chi connectivity index (χ2v) is 5.47. The molecular formula is C15H25N3O. The van der Waals surface area contributed by atoms with Crippen molar-refractivity contribution in [2.24, 2.45) is 5.92 Å². The zero-order valence-electron chi connectivity index (χ0n) is 12.1. The molecule has 0 aliphatic carbocycles. The quantitative estimate of drug-likeness (QED) is 0.858. The lowest BCUT2D eigenvalue weighted by molar-refractivity contribution is 0.360. The highest BCUT2D eigenvalue weighted by Gasteiger charge is 2.14. The molecule has 0 spiro atoms. The molecule has 0 radical (unpaired) electrons. The number of hydrogen-bond acceptors (Lipinski definition) is 3. The Morgan fingerprint density at radius 3 is 3.05 bits per heavy atom. The summed E-state index contributed by atoms with van der Waals surface area (Å²) in [6, 6.07) is 1.72. The van der Waals surface area contributed by atoms with E-state index in [9.17, 15) is 4.79 Å². The van der Waals surface area contributed by atoms with Gasteiger partial charge in [-0.25, -0.2) is 4.68 Å². The first-order valence-electron chi connectivity index (χ1n) is 7.59. The monoisotopic (exact) mass is 263 g/mol. The van der Waals surface area contributed by atoms with E-state index in [0.29, 0.717) is 5.92 Å². The predicted molar refractivity (Wildman–Crippen MR) is 78.6 cm³/mol. The summed E-state index contributed by atoms with van der Waals surface area (Å²) in [5.41, 5.74) is 2.02. The zero-order chi connectivity index (χ0) is 13.7. The Hall–Kier alpha value is -1.32. The van der Waals surface area contributed by atoms with Gasteiger partial charge in [0, 0.05) is 19.2 Å². The van der Waals surface area contributed by atoms with Crippen molar-refractivity contribution in [3.63, 3.8) is 0 Å². The van der Waals surface area contributed by atoms with Crippen LogP contribution in [0.1, 0.15) is 51.6 Å². The summed E-state index contributed by atoms with van der Waals surface area (Å²) >= 11 is 0. The predicted octanol–water partition coefficient (Wildman–Crippen LogP) is 2.82. The number of aryl methyl sites for hydroxylation is 1. The highest BCUT2D eigenvalue weighted by molar-refractivity contribution is 5.48. The van der Waals surface area contributed by atoms with Crippen molar-refractivity contribution >= 4 is 5.69 Å². The highest BCUT2D eigenvalue weighted by Crippen LogP contribution is 2.18. The van der Waals surface area contributed by atoms with E-state index in [1.54, 1.807) is 10.7 Å². The van der Waals surface area contributed by atoms with Gasteiger partial charge in [0.25, 0.3) is 5.56 Å². The second kappa shape index (κ2) is 6.73. The van der Waals surface area contributed by atoms with Crippen LogP contribution in [0.4, 0.5) is 5.69 Å². The Balaban J connectivity index is 2.13. The summed E-state index contributed by atoms with van der Waals surface area (Å²) in [5, 5.41) is 7.81. The molecule has 1 N–H and O–H groups in total. The molecule has 0 amide bonds. The lowest BCUT2D eigenvalue weighted by atomic mass is 9.99. The maximum atomic E-state index is 12.1. The van der Waals surface area contributed by atoms with Gasteiger partial charge in [0.1, 0.15) is 0 Å². The van der Waals surface area contributed by atoms with E-state index in [1.807, 2.05) is 0 Å². The van der Waals surface area contributed by atoms with Crippen LogP contribution in [0, 0.1) is 5.92 Å². The summed E-state index contributed by atoms with van der Waals surface area (Å²) in [6.45, 7) is 6.13. The molecule has 1 atom stereocenters. The molecule has 2 heterocycles. The second-order valence-electron chi connectivity index (χ2n) is 5.47. The van der Waals surface area contributed by atoms with E-state index in [2.05, 4.69) is 24.3 Å². The molecule has 0 aromatic carbocycles. The molecular weight excluding hydrogens is 238 g/mol. The van der Waals surface area contributed by atoms with Crippen molar-refractivity contribution in [2.75, 3.05) is 11.9 Å². The number of aromatic nitrogens is 2. The normalized spacial score (nSPS) is 15.7. The third-order valence-electron chi connectivity index (χ3n) is 3.95. The van der Waals surface area contributed by atoms with E-state index >= 15 is 0 Å². The van der Waals surface area contributed by atoms with E-state index in [4.69, 9.17) is 0 Å². The average molecular weight is 263 g/mol. The van der Waals surface area contributed by atoms with Crippen molar-refractivity contribution in [3.8, 4) is 0 Å². The number of fused-ring (bicyclic) bond motifs is 1.